The fourth-order valence-electron chi connectivity index (χ4n) is 3.79. The van der Waals surface area contributed by atoms with Crippen molar-refractivity contribution < 1.29 is 14.3 Å². The van der Waals surface area contributed by atoms with Gasteiger partial charge in [-0.15, -0.1) is 0 Å². The van der Waals surface area contributed by atoms with Gasteiger partial charge in [-0.05, 0) is 49.1 Å². The molecule has 0 radical (unpaired) electrons. The number of benzene rings is 2. The van der Waals surface area contributed by atoms with Crippen LogP contribution in [0.25, 0.3) is 0 Å². The van der Waals surface area contributed by atoms with Gasteiger partial charge < -0.3 is 15.0 Å². The summed E-state index contributed by atoms with van der Waals surface area (Å²) >= 11 is 0. The van der Waals surface area contributed by atoms with Crippen LogP contribution < -0.4 is 10.1 Å². The van der Waals surface area contributed by atoms with Crippen molar-refractivity contribution in [3.8, 4) is 5.75 Å². The van der Waals surface area contributed by atoms with Gasteiger partial charge in [-0.25, -0.2) is 0 Å². The van der Waals surface area contributed by atoms with Crippen LogP contribution in [0, 0.1) is 0 Å². The lowest BCUT2D eigenvalue weighted by atomic mass is 9.94. The first-order chi connectivity index (χ1) is 14.1. The number of anilines is 1. The van der Waals surface area contributed by atoms with Gasteiger partial charge in [-0.3, -0.25) is 9.59 Å². The van der Waals surface area contributed by atoms with Crippen molar-refractivity contribution in [3.63, 3.8) is 0 Å². The van der Waals surface area contributed by atoms with E-state index in [1.165, 1.54) is 6.42 Å². The molecule has 0 aliphatic heterocycles. The number of para-hydroxylation sites is 1. The lowest BCUT2D eigenvalue weighted by molar-refractivity contribution is -0.118. The predicted molar refractivity (Wildman–Crippen MR) is 115 cm³/mol. The minimum Gasteiger partial charge on any atom is -0.484 e. The maximum absolute atomic E-state index is 13.0. The highest BCUT2D eigenvalue weighted by Gasteiger charge is 2.24. The Morgan fingerprint density at radius 1 is 1.07 bits per heavy atom. The van der Waals surface area contributed by atoms with Gasteiger partial charge >= 0.3 is 0 Å². The third kappa shape index (κ3) is 5.59. The zero-order chi connectivity index (χ0) is 20.6. The second-order valence-corrected chi connectivity index (χ2v) is 7.59. The summed E-state index contributed by atoms with van der Waals surface area (Å²) in [6, 6.07) is 15.2. The average Bonchev–Trinajstić information content (AvgIpc) is 2.78. The molecule has 154 valence electrons. The summed E-state index contributed by atoms with van der Waals surface area (Å²) in [7, 11) is 1.86. The Hall–Kier alpha value is -2.82. The standard InChI is InChI=1S/C24H30N2O3/c1-3-18-10-9-13-20(16-18)29-17-23(27)25-22-15-8-7-14-21(22)24(28)26(2)19-11-5-4-6-12-19/h7-10,13-16,19H,3-6,11-12,17H2,1-2H3,(H,25,27). The van der Waals surface area contributed by atoms with Crippen LogP contribution in [0.15, 0.2) is 48.5 Å². The summed E-state index contributed by atoms with van der Waals surface area (Å²) in [6.07, 6.45) is 6.57. The maximum atomic E-state index is 13.0. The van der Waals surface area contributed by atoms with Crippen molar-refractivity contribution in [1.29, 1.82) is 0 Å². The third-order valence-electron chi connectivity index (χ3n) is 5.55. The Labute approximate surface area is 173 Å². The molecule has 1 saturated carbocycles. The number of rotatable bonds is 7. The molecule has 3 rings (SSSR count). The number of carbonyl (C=O) groups is 2. The molecule has 5 nitrogen and oxygen atoms in total. The van der Waals surface area contributed by atoms with E-state index < -0.39 is 0 Å². The fourth-order valence-corrected chi connectivity index (χ4v) is 3.79. The third-order valence-corrected chi connectivity index (χ3v) is 5.55. The number of hydrogen-bond donors (Lipinski definition) is 1. The van der Waals surface area contributed by atoms with E-state index in [-0.39, 0.29) is 24.5 Å². The molecule has 2 amide bonds. The topological polar surface area (TPSA) is 58.6 Å². The van der Waals surface area contributed by atoms with Crippen molar-refractivity contribution in [1.82, 2.24) is 4.90 Å². The summed E-state index contributed by atoms with van der Waals surface area (Å²) in [5, 5.41) is 2.84. The summed E-state index contributed by atoms with van der Waals surface area (Å²) in [6.45, 7) is 1.97. The molecule has 0 aromatic heterocycles. The van der Waals surface area contributed by atoms with E-state index in [1.807, 2.05) is 48.3 Å². The fraction of sp³-hybridized carbons (Fsp3) is 0.417. The van der Waals surface area contributed by atoms with E-state index >= 15 is 0 Å². The minimum atomic E-state index is -0.285. The molecule has 0 heterocycles. The van der Waals surface area contributed by atoms with Crippen LogP contribution in [-0.4, -0.2) is 36.4 Å². The number of ether oxygens (including phenoxy) is 1. The lowest BCUT2D eigenvalue weighted by Gasteiger charge is -2.31. The van der Waals surface area contributed by atoms with E-state index in [1.54, 1.807) is 12.1 Å². The molecule has 0 unspecified atom stereocenters. The Balaban J connectivity index is 1.63. The van der Waals surface area contributed by atoms with Crippen LogP contribution >= 0.6 is 0 Å². The summed E-state index contributed by atoms with van der Waals surface area (Å²) in [5.41, 5.74) is 2.20. The Kier molecular flexibility index (Phi) is 7.28. The SMILES string of the molecule is CCc1cccc(OCC(=O)Nc2ccccc2C(=O)N(C)C2CCCCC2)c1. The van der Waals surface area contributed by atoms with Crippen molar-refractivity contribution in [3.05, 3.63) is 59.7 Å². The monoisotopic (exact) mass is 394 g/mol. The van der Waals surface area contributed by atoms with Gasteiger partial charge in [0.05, 0.1) is 11.3 Å². The van der Waals surface area contributed by atoms with E-state index in [4.69, 9.17) is 4.74 Å². The van der Waals surface area contributed by atoms with E-state index in [2.05, 4.69) is 12.2 Å². The number of hydrogen-bond acceptors (Lipinski definition) is 3. The molecule has 0 atom stereocenters. The molecule has 1 N–H and O–H groups in total. The van der Waals surface area contributed by atoms with Crippen LogP contribution in [0.1, 0.15) is 54.9 Å². The number of carbonyl (C=O) groups excluding carboxylic acids is 2. The highest BCUT2D eigenvalue weighted by molar-refractivity contribution is 6.04. The van der Waals surface area contributed by atoms with E-state index in [9.17, 15) is 9.59 Å². The molecule has 0 spiro atoms. The highest BCUT2D eigenvalue weighted by Crippen LogP contribution is 2.25. The molecule has 29 heavy (non-hydrogen) atoms. The number of aryl methyl sites for hydroxylation is 1. The van der Waals surface area contributed by atoms with E-state index in [0.717, 1.165) is 37.7 Å². The molecular weight excluding hydrogens is 364 g/mol. The summed E-state index contributed by atoms with van der Waals surface area (Å²) in [5.74, 6) is 0.331. The van der Waals surface area contributed by atoms with Crippen molar-refractivity contribution in [2.24, 2.45) is 0 Å². The van der Waals surface area contributed by atoms with Gasteiger partial charge in [0.25, 0.3) is 11.8 Å². The van der Waals surface area contributed by atoms with Gasteiger partial charge in [-0.2, -0.15) is 0 Å². The van der Waals surface area contributed by atoms with Crippen LogP contribution in [0.4, 0.5) is 5.69 Å². The largest absolute Gasteiger partial charge is 0.484 e. The quantitative estimate of drug-likeness (QED) is 0.742. The summed E-state index contributed by atoms with van der Waals surface area (Å²) in [4.78, 5) is 27.3. The average molecular weight is 395 g/mol. The van der Waals surface area contributed by atoms with Crippen molar-refractivity contribution in [2.45, 2.75) is 51.5 Å². The van der Waals surface area contributed by atoms with Gasteiger partial charge in [0.15, 0.2) is 6.61 Å². The number of nitrogens with zero attached hydrogens (tertiary/aromatic N) is 1. The highest BCUT2D eigenvalue weighted by atomic mass is 16.5. The summed E-state index contributed by atoms with van der Waals surface area (Å²) < 4.78 is 5.62. The zero-order valence-electron chi connectivity index (χ0n) is 17.3. The molecular formula is C24H30N2O3. The molecule has 0 saturated heterocycles. The second-order valence-electron chi connectivity index (χ2n) is 7.59. The van der Waals surface area contributed by atoms with Crippen LogP contribution in [-0.2, 0) is 11.2 Å². The molecule has 0 bridgehead atoms. The molecule has 1 fully saturated rings. The molecule has 1 aliphatic rings. The van der Waals surface area contributed by atoms with Gasteiger partial charge in [-0.1, -0.05) is 50.5 Å². The first kappa shape index (κ1) is 20.9. The second kappa shape index (κ2) is 10.1. The van der Waals surface area contributed by atoms with Crippen LogP contribution in [0.5, 0.6) is 5.75 Å². The predicted octanol–water partition coefficient (Wildman–Crippen LogP) is 4.67. The van der Waals surface area contributed by atoms with Gasteiger partial charge in [0.2, 0.25) is 0 Å². The van der Waals surface area contributed by atoms with Crippen molar-refractivity contribution in [2.75, 3.05) is 19.0 Å². The van der Waals surface area contributed by atoms with Gasteiger partial charge in [0.1, 0.15) is 5.75 Å². The Bertz CT molecular complexity index is 844. The van der Waals surface area contributed by atoms with Crippen LogP contribution in [0.3, 0.4) is 0 Å². The molecule has 1 aliphatic carbocycles. The smallest absolute Gasteiger partial charge is 0.262 e. The first-order valence-corrected chi connectivity index (χ1v) is 10.5. The zero-order valence-corrected chi connectivity index (χ0v) is 17.3. The Morgan fingerprint density at radius 3 is 2.59 bits per heavy atom. The molecule has 2 aromatic carbocycles. The van der Waals surface area contributed by atoms with Crippen LogP contribution in [0.2, 0.25) is 0 Å². The first-order valence-electron chi connectivity index (χ1n) is 10.5. The Morgan fingerprint density at radius 2 is 1.83 bits per heavy atom. The lowest BCUT2D eigenvalue weighted by Crippen LogP contribution is -2.38. The number of nitrogens with one attached hydrogen (secondary N) is 1. The normalized spacial score (nSPS) is 14.3. The molecule has 2 aromatic rings. The van der Waals surface area contributed by atoms with Gasteiger partial charge in [0, 0.05) is 13.1 Å². The number of amides is 2. The minimum absolute atomic E-state index is 0.0515. The molecule has 5 heteroatoms. The maximum Gasteiger partial charge on any atom is 0.262 e. The van der Waals surface area contributed by atoms with E-state index in [0.29, 0.717) is 17.0 Å². The van der Waals surface area contributed by atoms with Crippen molar-refractivity contribution >= 4 is 17.5 Å².